The van der Waals surface area contributed by atoms with Crippen LogP contribution in [0.3, 0.4) is 0 Å². The van der Waals surface area contributed by atoms with Crippen LogP contribution in [0.15, 0.2) is 77.0 Å². The molecule has 2 aromatic heterocycles. The van der Waals surface area contributed by atoms with E-state index < -0.39 is 17.7 Å². The third-order valence-corrected chi connectivity index (χ3v) is 4.17. The molecular weight excluding hydrogens is 410 g/mol. The van der Waals surface area contributed by atoms with Gasteiger partial charge in [-0.2, -0.15) is 5.26 Å². The molecular formula is C23H19N5O4. The van der Waals surface area contributed by atoms with Gasteiger partial charge in [0.2, 0.25) is 0 Å². The van der Waals surface area contributed by atoms with Crippen molar-refractivity contribution in [2.24, 2.45) is 0 Å². The summed E-state index contributed by atoms with van der Waals surface area (Å²) in [5.41, 5.74) is 1.16. The van der Waals surface area contributed by atoms with E-state index >= 15 is 0 Å². The van der Waals surface area contributed by atoms with Gasteiger partial charge < -0.3 is 20.4 Å². The topological polar surface area (TPSA) is 137 Å². The van der Waals surface area contributed by atoms with Crippen molar-refractivity contribution in [3.8, 4) is 6.07 Å². The van der Waals surface area contributed by atoms with E-state index in [1.165, 1.54) is 6.08 Å². The second kappa shape index (κ2) is 10.9. The summed E-state index contributed by atoms with van der Waals surface area (Å²) in [6.07, 6.45) is 4.54. The van der Waals surface area contributed by atoms with Crippen molar-refractivity contribution in [2.45, 2.75) is 13.1 Å². The lowest BCUT2D eigenvalue weighted by molar-refractivity contribution is -0.136. The normalized spacial score (nSPS) is 10.7. The molecule has 0 aliphatic heterocycles. The first-order valence-corrected chi connectivity index (χ1v) is 9.57. The maximum atomic E-state index is 12.2. The SMILES string of the molecule is N#C/C(=C/c1ccc(CNC(=O)C(=O)Nc2ccccc2)o1)C(=O)NCc1cccnc1. The first kappa shape index (κ1) is 22.0. The molecule has 160 valence electrons. The average Bonchev–Trinajstić information content (AvgIpc) is 3.28. The third kappa shape index (κ3) is 6.40. The second-order valence-corrected chi connectivity index (χ2v) is 6.52. The fraction of sp³-hybridized carbons (Fsp3) is 0.0870. The largest absolute Gasteiger partial charge is 0.460 e. The smallest absolute Gasteiger partial charge is 0.313 e. The van der Waals surface area contributed by atoms with E-state index in [1.807, 2.05) is 6.07 Å². The number of nitrogens with zero attached hydrogens (tertiary/aromatic N) is 2. The number of anilines is 1. The number of amides is 3. The summed E-state index contributed by atoms with van der Waals surface area (Å²) < 4.78 is 5.51. The molecule has 0 saturated carbocycles. The van der Waals surface area contributed by atoms with E-state index in [9.17, 15) is 19.6 Å². The lowest BCUT2D eigenvalue weighted by Crippen LogP contribution is -2.34. The Morgan fingerprint density at radius 2 is 1.72 bits per heavy atom. The second-order valence-electron chi connectivity index (χ2n) is 6.52. The number of hydrogen-bond acceptors (Lipinski definition) is 6. The number of carbonyl (C=O) groups excluding carboxylic acids is 3. The molecule has 2 heterocycles. The van der Waals surface area contributed by atoms with E-state index in [0.29, 0.717) is 11.4 Å². The van der Waals surface area contributed by atoms with Crippen molar-refractivity contribution in [3.05, 3.63) is 89.6 Å². The van der Waals surface area contributed by atoms with Crippen LogP contribution in [0.4, 0.5) is 5.69 Å². The Morgan fingerprint density at radius 1 is 0.938 bits per heavy atom. The first-order chi connectivity index (χ1) is 15.5. The summed E-state index contributed by atoms with van der Waals surface area (Å²) in [5.74, 6) is -1.57. The highest BCUT2D eigenvalue weighted by Gasteiger charge is 2.15. The van der Waals surface area contributed by atoms with Crippen molar-refractivity contribution >= 4 is 29.5 Å². The summed E-state index contributed by atoms with van der Waals surface area (Å²) in [6.45, 7) is 0.191. The fourth-order valence-electron chi connectivity index (χ4n) is 2.60. The van der Waals surface area contributed by atoms with Crippen LogP contribution in [0.5, 0.6) is 0 Å². The summed E-state index contributed by atoms with van der Waals surface area (Å²) in [7, 11) is 0. The van der Waals surface area contributed by atoms with E-state index in [0.717, 1.165) is 5.56 Å². The lowest BCUT2D eigenvalue weighted by Gasteiger charge is -2.05. The maximum absolute atomic E-state index is 12.2. The summed E-state index contributed by atoms with van der Waals surface area (Å²) >= 11 is 0. The van der Waals surface area contributed by atoms with Crippen LogP contribution in [0.25, 0.3) is 6.08 Å². The number of furan rings is 1. The van der Waals surface area contributed by atoms with Crippen LogP contribution in [0.1, 0.15) is 17.1 Å². The zero-order chi connectivity index (χ0) is 22.8. The molecule has 32 heavy (non-hydrogen) atoms. The third-order valence-electron chi connectivity index (χ3n) is 4.17. The number of nitriles is 1. The van der Waals surface area contributed by atoms with Crippen molar-refractivity contribution in [2.75, 3.05) is 5.32 Å². The molecule has 0 aliphatic rings. The van der Waals surface area contributed by atoms with Gasteiger partial charge in [-0.3, -0.25) is 19.4 Å². The Bertz CT molecular complexity index is 1160. The zero-order valence-electron chi connectivity index (χ0n) is 16.9. The molecule has 0 atom stereocenters. The Morgan fingerprint density at radius 3 is 2.44 bits per heavy atom. The van der Waals surface area contributed by atoms with Crippen LogP contribution >= 0.6 is 0 Å². The Kier molecular flexibility index (Phi) is 7.48. The first-order valence-electron chi connectivity index (χ1n) is 9.57. The molecule has 0 saturated heterocycles. The standard InChI is InChI=1S/C23H19N5O4/c24-12-17(21(29)26-14-16-5-4-10-25-13-16)11-19-8-9-20(32-19)15-27-22(30)23(31)28-18-6-2-1-3-7-18/h1-11,13H,14-15H2,(H,26,29)(H,27,30)(H,28,31)/b17-11-. The molecule has 3 aromatic rings. The molecule has 0 bridgehead atoms. The van der Waals surface area contributed by atoms with Crippen LogP contribution < -0.4 is 16.0 Å². The van der Waals surface area contributed by atoms with Crippen molar-refractivity contribution in [1.82, 2.24) is 15.6 Å². The van der Waals surface area contributed by atoms with Crippen molar-refractivity contribution in [1.29, 1.82) is 5.26 Å². The molecule has 3 amide bonds. The molecule has 0 radical (unpaired) electrons. The number of hydrogen-bond donors (Lipinski definition) is 3. The van der Waals surface area contributed by atoms with Gasteiger partial charge in [-0.25, -0.2) is 0 Å². The summed E-state index contributed by atoms with van der Waals surface area (Å²) in [5, 5.41) is 16.8. The van der Waals surface area contributed by atoms with E-state index in [4.69, 9.17) is 4.42 Å². The minimum atomic E-state index is -0.824. The van der Waals surface area contributed by atoms with Gasteiger partial charge in [0.25, 0.3) is 5.91 Å². The summed E-state index contributed by atoms with van der Waals surface area (Å²) in [4.78, 5) is 40.1. The van der Waals surface area contributed by atoms with Gasteiger partial charge in [-0.15, -0.1) is 0 Å². The van der Waals surface area contributed by atoms with Gasteiger partial charge in [0.1, 0.15) is 23.2 Å². The Labute approximate surface area is 183 Å². The van der Waals surface area contributed by atoms with Gasteiger partial charge in [0.15, 0.2) is 0 Å². The number of carbonyl (C=O) groups is 3. The van der Waals surface area contributed by atoms with Gasteiger partial charge >= 0.3 is 11.8 Å². The molecule has 9 nitrogen and oxygen atoms in total. The quantitative estimate of drug-likeness (QED) is 0.299. The minimum absolute atomic E-state index is 0.0377. The van der Waals surface area contributed by atoms with Gasteiger partial charge in [0.05, 0.1) is 6.54 Å². The number of aromatic nitrogens is 1. The molecule has 0 spiro atoms. The minimum Gasteiger partial charge on any atom is -0.460 e. The van der Waals surface area contributed by atoms with Crippen LogP contribution in [-0.2, 0) is 27.5 Å². The number of pyridine rings is 1. The summed E-state index contributed by atoms with van der Waals surface area (Å²) in [6, 6.07) is 17.1. The highest BCUT2D eigenvalue weighted by molar-refractivity contribution is 6.39. The molecule has 3 rings (SSSR count). The predicted octanol–water partition coefficient (Wildman–Crippen LogP) is 2.15. The molecule has 9 heteroatoms. The van der Waals surface area contributed by atoms with Crippen LogP contribution in [0.2, 0.25) is 0 Å². The zero-order valence-corrected chi connectivity index (χ0v) is 16.9. The van der Waals surface area contributed by atoms with Crippen LogP contribution in [0, 0.1) is 11.3 Å². The number of para-hydroxylation sites is 1. The number of benzene rings is 1. The highest BCUT2D eigenvalue weighted by atomic mass is 16.3. The van der Waals surface area contributed by atoms with Crippen molar-refractivity contribution < 1.29 is 18.8 Å². The Hall–Kier alpha value is -4.71. The maximum Gasteiger partial charge on any atom is 0.313 e. The fourth-order valence-corrected chi connectivity index (χ4v) is 2.60. The van der Waals surface area contributed by atoms with E-state index in [-0.39, 0.29) is 24.4 Å². The van der Waals surface area contributed by atoms with E-state index in [1.54, 1.807) is 67.0 Å². The lowest BCUT2D eigenvalue weighted by atomic mass is 10.2. The monoisotopic (exact) mass is 429 g/mol. The molecule has 0 unspecified atom stereocenters. The van der Waals surface area contributed by atoms with E-state index in [2.05, 4.69) is 20.9 Å². The molecule has 1 aromatic carbocycles. The van der Waals surface area contributed by atoms with Crippen LogP contribution in [-0.4, -0.2) is 22.7 Å². The van der Waals surface area contributed by atoms with Gasteiger partial charge in [0, 0.05) is 30.7 Å². The number of rotatable bonds is 7. The molecule has 0 aliphatic carbocycles. The van der Waals surface area contributed by atoms with Crippen molar-refractivity contribution in [3.63, 3.8) is 0 Å². The average molecular weight is 429 g/mol. The predicted molar refractivity (Wildman–Crippen MR) is 115 cm³/mol. The highest BCUT2D eigenvalue weighted by Crippen LogP contribution is 2.12. The van der Waals surface area contributed by atoms with Gasteiger partial charge in [-0.05, 0) is 35.9 Å². The Balaban J connectivity index is 1.52. The molecule has 0 fully saturated rings. The number of nitrogens with one attached hydrogen (secondary N) is 3. The molecule has 3 N–H and O–H groups in total. The van der Waals surface area contributed by atoms with Gasteiger partial charge in [-0.1, -0.05) is 24.3 Å².